The van der Waals surface area contributed by atoms with Gasteiger partial charge in [-0.2, -0.15) is 0 Å². The van der Waals surface area contributed by atoms with Gasteiger partial charge >= 0.3 is 5.76 Å². The maximum Gasteiger partial charge on any atom is 0.441 e. The van der Waals surface area contributed by atoms with E-state index in [9.17, 15) is 4.79 Å². The Labute approximate surface area is 130 Å². The fourth-order valence-electron chi connectivity index (χ4n) is 1.96. The van der Waals surface area contributed by atoms with E-state index in [4.69, 9.17) is 20.9 Å². The summed E-state index contributed by atoms with van der Waals surface area (Å²) in [7, 11) is 0. The Kier molecular flexibility index (Phi) is 4.20. The minimum atomic E-state index is -0.522. The van der Waals surface area contributed by atoms with Gasteiger partial charge in [-0.05, 0) is 36.4 Å². The van der Waals surface area contributed by atoms with Crippen LogP contribution in [0, 0.1) is 0 Å². The molecule has 0 unspecified atom stereocenters. The summed E-state index contributed by atoms with van der Waals surface area (Å²) >= 11 is 5.81. The van der Waals surface area contributed by atoms with Gasteiger partial charge in [0.2, 0.25) is 0 Å². The van der Waals surface area contributed by atoms with E-state index in [-0.39, 0.29) is 0 Å². The van der Waals surface area contributed by atoms with Crippen LogP contribution in [0.25, 0.3) is 11.4 Å². The number of aromatic nitrogens is 3. The minimum absolute atomic E-state index is 0.306. The third-order valence-electron chi connectivity index (χ3n) is 3.02. The van der Waals surface area contributed by atoms with Crippen molar-refractivity contribution in [1.29, 1.82) is 0 Å². The van der Waals surface area contributed by atoms with Gasteiger partial charge in [0.05, 0.1) is 6.54 Å². The molecule has 0 saturated heterocycles. The van der Waals surface area contributed by atoms with Gasteiger partial charge in [0.25, 0.3) is 0 Å². The Morgan fingerprint density at radius 2 is 1.86 bits per heavy atom. The summed E-state index contributed by atoms with van der Waals surface area (Å²) in [5, 5.41) is 4.44. The fraction of sp³-hybridized carbons (Fsp3) is 0.133. The summed E-state index contributed by atoms with van der Waals surface area (Å²) in [6.07, 6.45) is 3.26. The average molecular weight is 318 g/mol. The molecule has 1 aromatic carbocycles. The molecule has 0 aliphatic heterocycles. The number of ether oxygens (including phenoxy) is 1. The first kappa shape index (κ1) is 14.3. The molecule has 0 aliphatic carbocycles. The second-order valence-electron chi connectivity index (χ2n) is 4.46. The van der Waals surface area contributed by atoms with Crippen molar-refractivity contribution in [2.75, 3.05) is 6.61 Å². The maximum atomic E-state index is 11.7. The number of hydrogen-bond acceptors (Lipinski definition) is 5. The summed E-state index contributed by atoms with van der Waals surface area (Å²) in [5.74, 6) is 0.609. The highest BCUT2D eigenvalue weighted by atomic mass is 35.5. The smallest absolute Gasteiger partial charge is 0.441 e. The van der Waals surface area contributed by atoms with E-state index in [2.05, 4.69) is 10.1 Å². The molecule has 0 spiro atoms. The second kappa shape index (κ2) is 6.44. The number of hydrogen-bond donors (Lipinski definition) is 0. The molecule has 3 rings (SSSR count). The van der Waals surface area contributed by atoms with Gasteiger partial charge in [0.15, 0.2) is 5.82 Å². The van der Waals surface area contributed by atoms with Gasteiger partial charge < -0.3 is 4.74 Å². The Morgan fingerprint density at radius 1 is 1.14 bits per heavy atom. The monoisotopic (exact) mass is 317 g/mol. The van der Waals surface area contributed by atoms with Crippen molar-refractivity contribution in [3.63, 3.8) is 0 Å². The van der Waals surface area contributed by atoms with Gasteiger partial charge in [0, 0.05) is 23.0 Å². The van der Waals surface area contributed by atoms with Gasteiger partial charge in [-0.1, -0.05) is 16.8 Å². The summed E-state index contributed by atoms with van der Waals surface area (Å²) in [6, 6.07) is 10.5. The van der Waals surface area contributed by atoms with Gasteiger partial charge in [-0.15, -0.1) is 0 Å². The minimum Gasteiger partial charge on any atom is -0.492 e. The molecule has 6 nitrogen and oxygen atoms in total. The Hall–Kier alpha value is -2.60. The van der Waals surface area contributed by atoms with Crippen molar-refractivity contribution < 1.29 is 9.26 Å². The standard InChI is InChI=1S/C15H12ClN3O3/c16-12-1-3-13(4-2-12)21-10-9-19-14(18-22-15(19)20)11-5-7-17-8-6-11/h1-8H,9-10H2. The zero-order chi connectivity index (χ0) is 15.4. The topological polar surface area (TPSA) is 70.2 Å². The first-order valence-corrected chi connectivity index (χ1v) is 6.97. The molecule has 2 aromatic heterocycles. The summed E-state index contributed by atoms with van der Waals surface area (Å²) in [5.41, 5.74) is 0.757. The molecule has 0 radical (unpaired) electrons. The molecule has 22 heavy (non-hydrogen) atoms. The highest BCUT2D eigenvalue weighted by molar-refractivity contribution is 6.30. The highest BCUT2D eigenvalue weighted by Crippen LogP contribution is 2.16. The van der Waals surface area contributed by atoms with Crippen molar-refractivity contribution in [2.45, 2.75) is 6.54 Å². The maximum absolute atomic E-state index is 11.7. The third kappa shape index (κ3) is 3.17. The number of nitrogens with zero attached hydrogens (tertiary/aromatic N) is 3. The molecular formula is C15H12ClN3O3. The number of halogens is 1. The second-order valence-corrected chi connectivity index (χ2v) is 4.90. The zero-order valence-electron chi connectivity index (χ0n) is 11.5. The van der Waals surface area contributed by atoms with E-state index in [0.29, 0.717) is 29.7 Å². The van der Waals surface area contributed by atoms with Crippen molar-refractivity contribution >= 4 is 11.6 Å². The van der Waals surface area contributed by atoms with Crippen molar-refractivity contribution in [1.82, 2.24) is 14.7 Å². The molecule has 2 heterocycles. The van der Waals surface area contributed by atoms with Gasteiger partial charge in [0.1, 0.15) is 12.4 Å². The molecule has 0 N–H and O–H groups in total. The van der Waals surface area contributed by atoms with Crippen LogP contribution < -0.4 is 10.5 Å². The van der Waals surface area contributed by atoms with Crippen LogP contribution in [0.2, 0.25) is 5.02 Å². The quantitative estimate of drug-likeness (QED) is 0.723. The largest absolute Gasteiger partial charge is 0.492 e. The molecule has 3 aromatic rings. The first-order valence-electron chi connectivity index (χ1n) is 6.59. The van der Waals surface area contributed by atoms with Crippen LogP contribution in [-0.2, 0) is 6.54 Å². The first-order chi connectivity index (χ1) is 10.7. The predicted molar refractivity (Wildman–Crippen MR) is 80.9 cm³/mol. The lowest BCUT2D eigenvalue weighted by atomic mass is 10.2. The van der Waals surface area contributed by atoms with Gasteiger partial charge in [-0.25, -0.2) is 4.79 Å². The number of rotatable bonds is 5. The van der Waals surface area contributed by atoms with Crippen molar-refractivity contribution in [2.24, 2.45) is 0 Å². The molecule has 112 valence electrons. The third-order valence-corrected chi connectivity index (χ3v) is 3.27. The normalized spacial score (nSPS) is 10.6. The Morgan fingerprint density at radius 3 is 2.59 bits per heavy atom. The summed E-state index contributed by atoms with van der Waals surface area (Å²) in [4.78, 5) is 15.7. The lowest BCUT2D eigenvalue weighted by Gasteiger charge is -2.07. The highest BCUT2D eigenvalue weighted by Gasteiger charge is 2.12. The molecule has 0 amide bonds. The van der Waals surface area contributed by atoms with E-state index < -0.39 is 5.76 Å². The van der Waals surface area contributed by atoms with Crippen LogP contribution in [0.5, 0.6) is 5.75 Å². The van der Waals surface area contributed by atoms with E-state index in [1.54, 1.807) is 48.8 Å². The predicted octanol–water partition coefficient (Wildman–Crippen LogP) is 2.63. The van der Waals surface area contributed by atoms with Crippen LogP contribution >= 0.6 is 11.6 Å². The molecule has 7 heteroatoms. The molecule has 0 aliphatic rings. The fourth-order valence-corrected chi connectivity index (χ4v) is 2.09. The lowest BCUT2D eigenvalue weighted by molar-refractivity contribution is 0.290. The van der Waals surface area contributed by atoms with Crippen LogP contribution in [-0.4, -0.2) is 21.3 Å². The van der Waals surface area contributed by atoms with Gasteiger partial charge in [-0.3, -0.25) is 14.1 Å². The Bertz CT molecular complexity index is 797. The summed E-state index contributed by atoms with van der Waals surface area (Å²) < 4.78 is 11.7. The SMILES string of the molecule is O=c1onc(-c2ccncc2)n1CCOc1ccc(Cl)cc1. The van der Waals surface area contributed by atoms with Crippen molar-refractivity contribution in [3.8, 4) is 17.1 Å². The zero-order valence-corrected chi connectivity index (χ0v) is 12.2. The van der Waals surface area contributed by atoms with Crippen molar-refractivity contribution in [3.05, 3.63) is 64.4 Å². The average Bonchev–Trinajstić information content (AvgIpc) is 2.91. The van der Waals surface area contributed by atoms with E-state index >= 15 is 0 Å². The van der Waals surface area contributed by atoms with E-state index in [1.807, 2.05) is 0 Å². The molecule has 0 saturated carbocycles. The molecule has 0 atom stereocenters. The molecule has 0 bridgehead atoms. The summed E-state index contributed by atoms with van der Waals surface area (Å²) in [6.45, 7) is 0.628. The van der Waals surface area contributed by atoms with Crippen LogP contribution in [0.15, 0.2) is 58.1 Å². The lowest BCUT2D eigenvalue weighted by Crippen LogP contribution is -2.19. The van der Waals surface area contributed by atoms with E-state index in [1.165, 1.54) is 4.57 Å². The molecular weight excluding hydrogens is 306 g/mol. The van der Waals surface area contributed by atoms with Crippen LogP contribution in [0.3, 0.4) is 0 Å². The van der Waals surface area contributed by atoms with Crippen LogP contribution in [0.4, 0.5) is 0 Å². The van der Waals surface area contributed by atoms with Crippen LogP contribution in [0.1, 0.15) is 0 Å². The van der Waals surface area contributed by atoms with E-state index in [0.717, 1.165) is 5.56 Å². The number of pyridine rings is 1. The number of benzene rings is 1. The Balaban J connectivity index is 1.72. The molecule has 0 fully saturated rings.